The third-order valence-corrected chi connectivity index (χ3v) is 6.41. The number of rotatable bonds is 9. The Hall–Kier alpha value is -2.65. The van der Waals surface area contributed by atoms with E-state index in [1.807, 2.05) is 16.8 Å². The molecule has 176 valence electrons. The fraction of sp³-hybridized carbons (Fsp3) is 0.417. The number of ketones is 1. The molecule has 4 rings (SSSR count). The van der Waals surface area contributed by atoms with Crippen molar-refractivity contribution >= 4 is 28.7 Å². The Bertz CT molecular complexity index is 1130. The summed E-state index contributed by atoms with van der Waals surface area (Å²) in [6.45, 7) is 4.05. The number of Topliss-reactive ketones (excluding diaryl/α,β-unsaturated/α-hetero) is 1. The molecule has 9 heteroatoms. The van der Waals surface area contributed by atoms with Crippen LogP contribution in [0.3, 0.4) is 0 Å². The lowest BCUT2D eigenvalue weighted by Crippen LogP contribution is -2.46. The molecule has 1 saturated heterocycles. The SMILES string of the molecule is COc1cc(CO)c(-c2cn3ccc(N4CCN(CCCC(=O)CO)CC4)cc3n2)cc1Cl. The number of imidazole rings is 1. The summed E-state index contributed by atoms with van der Waals surface area (Å²) in [5, 5.41) is 19.1. The standard InChI is InChI=1S/C24H29ClN4O4/c1-33-23-11-17(15-30)20(13-21(23)25)22-14-29-6-4-18(12-24(29)26-22)28-9-7-27(8-10-28)5-2-3-19(32)16-31/h4,6,11-14,30-31H,2-3,5,7-10,15-16H2,1H3. The average Bonchev–Trinajstić information content (AvgIpc) is 3.27. The maximum atomic E-state index is 11.3. The molecule has 3 heterocycles. The van der Waals surface area contributed by atoms with Crippen molar-refractivity contribution in [2.45, 2.75) is 19.4 Å². The van der Waals surface area contributed by atoms with Gasteiger partial charge in [0.15, 0.2) is 5.78 Å². The van der Waals surface area contributed by atoms with Crippen LogP contribution in [0, 0.1) is 0 Å². The number of piperazine rings is 1. The van der Waals surface area contributed by atoms with Crippen LogP contribution in [-0.2, 0) is 11.4 Å². The van der Waals surface area contributed by atoms with Crippen molar-refractivity contribution in [1.82, 2.24) is 14.3 Å². The van der Waals surface area contributed by atoms with Gasteiger partial charge in [0.05, 0.1) is 24.4 Å². The molecule has 0 bridgehead atoms. The minimum absolute atomic E-state index is 0.0935. The minimum atomic E-state index is -0.363. The second-order valence-corrected chi connectivity index (χ2v) is 8.61. The highest BCUT2D eigenvalue weighted by Gasteiger charge is 2.19. The zero-order chi connectivity index (χ0) is 23.4. The van der Waals surface area contributed by atoms with E-state index in [1.54, 1.807) is 19.2 Å². The number of pyridine rings is 1. The van der Waals surface area contributed by atoms with E-state index >= 15 is 0 Å². The molecule has 0 spiro atoms. The van der Waals surface area contributed by atoms with Crippen LogP contribution in [0.2, 0.25) is 5.02 Å². The molecule has 1 aliphatic heterocycles. The summed E-state index contributed by atoms with van der Waals surface area (Å²) >= 11 is 6.32. The lowest BCUT2D eigenvalue weighted by atomic mass is 10.1. The lowest BCUT2D eigenvalue weighted by Gasteiger charge is -2.36. The molecule has 1 aliphatic rings. The molecule has 0 amide bonds. The molecular formula is C24H29ClN4O4. The second kappa shape index (κ2) is 10.5. The Morgan fingerprint density at radius 3 is 2.67 bits per heavy atom. The normalized spacial score (nSPS) is 14.7. The van der Waals surface area contributed by atoms with E-state index in [0.717, 1.165) is 61.7 Å². The van der Waals surface area contributed by atoms with Gasteiger partial charge in [-0.05, 0) is 36.7 Å². The number of fused-ring (bicyclic) bond motifs is 1. The van der Waals surface area contributed by atoms with Gasteiger partial charge in [-0.15, -0.1) is 0 Å². The van der Waals surface area contributed by atoms with Crippen LogP contribution >= 0.6 is 11.6 Å². The Kier molecular flexibility index (Phi) is 7.49. The van der Waals surface area contributed by atoms with Crippen LogP contribution < -0.4 is 9.64 Å². The van der Waals surface area contributed by atoms with E-state index in [-0.39, 0.29) is 19.0 Å². The number of benzene rings is 1. The van der Waals surface area contributed by atoms with Gasteiger partial charge in [0.25, 0.3) is 0 Å². The fourth-order valence-corrected chi connectivity index (χ4v) is 4.47. The summed E-state index contributed by atoms with van der Waals surface area (Å²) in [5.41, 5.74) is 4.16. The molecule has 0 radical (unpaired) electrons. The third-order valence-electron chi connectivity index (χ3n) is 6.11. The molecule has 0 unspecified atom stereocenters. The molecular weight excluding hydrogens is 444 g/mol. The lowest BCUT2D eigenvalue weighted by molar-refractivity contribution is -0.121. The van der Waals surface area contributed by atoms with Gasteiger partial charge in [0.2, 0.25) is 0 Å². The highest BCUT2D eigenvalue weighted by molar-refractivity contribution is 6.32. The monoisotopic (exact) mass is 472 g/mol. The smallest absolute Gasteiger partial charge is 0.158 e. The first-order valence-electron chi connectivity index (χ1n) is 11.1. The van der Waals surface area contributed by atoms with Crippen LogP contribution in [0.4, 0.5) is 5.69 Å². The average molecular weight is 473 g/mol. The molecule has 2 aromatic heterocycles. The van der Waals surface area contributed by atoms with Crippen molar-refractivity contribution < 1.29 is 19.7 Å². The van der Waals surface area contributed by atoms with Gasteiger partial charge < -0.3 is 24.3 Å². The molecule has 1 fully saturated rings. The third kappa shape index (κ3) is 5.30. The molecule has 0 atom stereocenters. The quantitative estimate of drug-likeness (QED) is 0.494. The first-order valence-corrected chi connectivity index (χ1v) is 11.5. The van der Waals surface area contributed by atoms with Gasteiger partial charge in [0.1, 0.15) is 18.0 Å². The van der Waals surface area contributed by atoms with Gasteiger partial charge >= 0.3 is 0 Å². The highest BCUT2D eigenvalue weighted by atomic mass is 35.5. The predicted octanol–water partition coefficient (Wildman–Crippen LogP) is 2.62. The summed E-state index contributed by atoms with van der Waals surface area (Å²) in [6.07, 6.45) is 5.15. The first-order chi connectivity index (χ1) is 16.0. The number of nitrogens with zero attached hydrogens (tertiary/aromatic N) is 4. The van der Waals surface area contributed by atoms with Gasteiger partial charge in [0, 0.05) is 62.3 Å². The van der Waals surface area contributed by atoms with Gasteiger partial charge in [-0.25, -0.2) is 4.98 Å². The molecule has 33 heavy (non-hydrogen) atoms. The van der Waals surface area contributed by atoms with E-state index in [2.05, 4.69) is 21.9 Å². The fourth-order valence-electron chi connectivity index (χ4n) is 4.23. The molecule has 1 aromatic carbocycles. The number of hydrogen-bond donors (Lipinski definition) is 2. The number of halogens is 1. The highest BCUT2D eigenvalue weighted by Crippen LogP contribution is 2.34. The van der Waals surface area contributed by atoms with Crippen molar-refractivity contribution in [2.24, 2.45) is 0 Å². The number of aliphatic hydroxyl groups excluding tert-OH is 2. The number of aromatic nitrogens is 2. The van der Waals surface area contributed by atoms with Crippen molar-refractivity contribution in [2.75, 3.05) is 51.3 Å². The number of methoxy groups -OCH3 is 1. The Morgan fingerprint density at radius 1 is 1.18 bits per heavy atom. The maximum Gasteiger partial charge on any atom is 0.158 e. The Labute approximate surface area is 198 Å². The summed E-state index contributed by atoms with van der Waals surface area (Å²) in [5.74, 6) is 0.429. The van der Waals surface area contributed by atoms with E-state index in [1.165, 1.54) is 0 Å². The van der Waals surface area contributed by atoms with E-state index < -0.39 is 0 Å². The zero-order valence-corrected chi connectivity index (χ0v) is 19.5. The minimum Gasteiger partial charge on any atom is -0.495 e. The van der Waals surface area contributed by atoms with Crippen molar-refractivity contribution in [3.63, 3.8) is 0 Å². The van der Waals surface area contributed by atoms with Gasteiger partial charge in [-0.2, -0.15) is 0 Å². The van der Waals surface area contributed by atoms with Crippen molar-refractivity contribution in [1.29, 1.82) is 0 Å². The predicted molar refractivity (Wildman–Crippen MR) is 128 cm³/mol. The van der Waals surface area contributed by atoms with Crippen LogP contribution in [0.5, 0.6) is 5.75 Å². The second-order valence-electron chi connectivity index (χ2n) is 8.21. The molecule has 8 nitrogen and oxygen atoms in total. The van der Waals surface area contributed by atoms with E-state index in [0.29, 0.717) is 22.8 Å². The van der Waals surface area contributed by atoms with Crippen LogP contribution in [-0.4, -0.2) is 76.7 Å². The number of hydrogen-bond acceptors (Lipinski definition) is 7. The summed E-state index contributed by atoms with van der Waals surface area (Å²) < 4.78 is 7.23. The van der Waals surface area contributed by atoms with Crippen LogP contribution in [0.15, 0.2) is 36.7 Å². The van der Waals surface area contributed by atoms with Gasteiger partial charge in [-0.3, -0.25) is 9.69 Å². The van der Waals surface area contributed by atoms with Gasteiger partial charge in [-0.1, -0.05) is 11.6 Å². The molecule has 2 N–H and O–H groups in total. The van der Waals surface area contributed by atoms with Crippen LogP contribution in [0.25, 0.3) is 16.9 Å². The number of aliphatic hydroxyl groups is 2. The summed E-state index contributed by atoms with van der Waals surface area (Å²) in [6, 6.07) is 7.68. The first kappa shape index (κ1) is 23.5. The zero-order valence-electron chi connectivity index (χ0n) is 18.7. The topological polar surface area (TPSA) is 90.5 Å². The largest absolute Gasteiger partial charge is 0.495 e. The molecule has 0 saturated carbocycles. The van der Waals surface area contributed by atoms with E-state index in [9.17, 15) is 9.90 Å². The van der Waals surface area contributed by atoms with E-state index in [4.69, 9.17) is 26.4 Å². The summed E-state index contributed by atoms with van der Waals surface area (Å²) in [7, 11) is 1.55. The van der Waals surface area contributed by atoms with Crippen molar-refractivity contribution in [3.05, 3.63) is 47.2 Å². The Morgan fingerprint density at radius 2 is 1.97 bits per heavy atom. The number of carbonyl (C=O) groups excluding carboxylic acids is 1. The van der Waals surface area contributed by atoms with Crippen molar-refractivity contribution in [3.8, 4) is 17.0 Å². The molecule has 3 aromatic rings. The Balaban J connectivity index is 1.46. The maximum absolute atomic E-state index is 11.3. The number of carbonyl (C=O) groups is 1. The number of anilines is 1. The molecule has 0 aliphatic carbocycles. The number of ether oxygens (including phenoxy) is 1. The summed E-state index contributed by atoms with van der Waals surface area (Å²) in [4.78, 5) is 20.7. The van der Waals surface area contributed by atoms with Crippen LogP contribution in [0.1, 0.15) is 18.4 Å².